The number of aldehydes is 1. The van der Waals surface area contributed by atoms with Gasteiger partial charge in [0, 0.05) is 0 Å². The standard InChI is InChI=1S/C19H16O6/c1-25-19-10-13(4-7-17(19)23)8-14(11-20)15(21)5-2-12-3-6-16(22)18(24)9-12/h2-11,22-24H,1H3. The monoisotopic (exact) mass is 340 g/mol. The summed E-state index contributed by atoms with van der Waals surface area (Å²) in [4.78, 5) is 23.4. The van der Waals surface area contributed by atoms with Crippen molar-refractivity contribution in [3.05, 3.63) is 59.2 Å². The zero-order chi connectivity index (χ0) is 18.4. The molecule has 0 saturated carbocycles. The van der Waals surface area contributed by atoms with Gasteiger partial charge >= 0.3 is 0 Å². The predicted octanol–water partition coefficient (Wildman–Crippen LogP) is 2.68. The summed E-state index contributed by atoms with van der Waals surface area (Å²) in [5.74, 6) is -0.933. The number of allylic oxidation sites excluding steroid dienone is 2. The number of aromatic hydroxyl groups is 3. The first-order chi connectivity index (χ1) is 11.9. The average molecular weight is 340 g/mol. The Kier molecular flexibility index (Phi) is 5.58. The van der Waals surface area contributed by atoms with E-state index in [2.05, 4.69) is 0 Å². The van der Waals surface area contributed by atoms with Gasteiger partial charge in [-0.25, -0.2) is 0 Å². The number of rotatable bonds is 6. The minimum atomic E-state index is -0.533. The van der Waals surface area contributed by atoms with Crippen LogP contribution in [0.3, 0.4) is 0 Å². The molecule has 3 N–H and O–H groups in total. The molecule has 0 heterocycles. The maximum absolute atomic E-state index is 12.1. The number of hydrogen-bond donors (Lipinski definition) is 3. The minimum Gasteiger partial charge on any atom is -0.504 e. The molecule has 0 bridgehead atoms. The van der Waals surface area contributed by atoms with Crippen LogP contribution in [0, 0.1) is 0 Å². The average Bonchev–Trinajstić information content (AvgIpc) is 2.61. The highest BCUT2D eigenvalue weighted by molar-refractivity contribution is 6.21. The van der Waals surface area contributed by atoms with E-state index < -0.39 is 5.78 Å². The molecule has 0 saturated heterocycles. The number of phenolic OH excluding ortho intramolecular Hbond substituents is 3. The summed E-state index contributed by atoms with van der Waals surface area (Å²) in [6.07, 6.45) is 4.40. The van der Waals surface area contributed by atoms with E-state index in [0.29, 0.717) is 17.4 Å². The Balaban J connectivity index is 2.24. The van der Waals surface area contributed by atoms with Gasteiger partial charge in [0.2, 0.25) is 0 Å². The molecule has 0 fully saturated rings. The molecule has 2 aromatic rings. The fourth-order valence-corrected chi connectivity index (χ4v) is 2.04. The smallest absolute Gasteiger partial charge is 0.189 e. The van der Waals surface area contributed by atoms with Crippen LogP contribution >= 0.6 is 0 Å². The largest absolute Gasteiger partial charge is 0.504 e. The molecular weight excluding hydrogens is 324 g/mol. The van der Waals surface area contributed by atoms with Gasteiger partial charge in [0.25, 0.3) is 0 Å². The number of carbonyl (C=O) groups excluding carboxylic acids is 2. The Labute approximate surface area is 143 Å². The molecule has 6 nitrogen and oxygen atoms in total. The SMILES string of the molecule is COc1cc(C=C(C=O)C(=O)C=Cc2ccc(O)c(O)c2)ccc1O. The second-order valence-electron chi connectivity index (χ2n) is 5.09. The van der Waals surface area contributed by atoms with Crippen LogP contribution in [0.5, 0.6) is 23.0 Å². The third-order valence-electron chi connectivity index (χ3n) is 3.36. The van der Waals surface area contributed by atoms with Gasteiger partial charge in [0.1, 0.15) is 0 Å². The number of phenols is 3. The molecule has 25 heavy (non-hydrogen) atoms. The molecule has 0 aromatic heterocycles. The molecule has 0 aliphatic carbocycles. The summed E-state index contributed by atoms with van der Waals surface area (Å²) in [5, 5.41) is 28.2. The summed E-state index contributed by atoms with van der Waals surface area (Å²) >= 11 is 0. The van der Waals surface area contributed by atoms with Crippen molar-refractivity contribution in [2.75, 3.05) is 7.11 Å². The molecule has 2 rings (SSSR count). The van der Waals surface area contributed by atoms with E-state index in [0.717, 1.165) is 0 Å². The first kappa shape index (κ1) is 17.8. The fourth-order valence-electron chi connectivity index (χ4n) is 2.04. The van der Waals surface area contributed by atoms with Gasteiger partial charge in [-0.05, 0) is 47.5 Å². The Morgan fingerprint density at radius 3 is 2.28 bits per heavy atom. The Hall–Kier alpha value is -3.54. The van der Waals surface area contributed by atoms with E-state index in [9.17, 15) is 24.9 Å². The van der Waals surface area contributed by atoms with Crippen LogP contribution < -0.4 is 4.74 Å². The van der Waals surface area contributed by atoms with Crippen molar-refractivity contribution in [2.24, 2.45) is 0 Å². The number of hydrogen-bond acceptors (Lipinski definition) is 6. The van der Waals surface area contributed by atoms with Crippen molar-refractivity contribution in [3.63, 3.8) is 0 Å². The predicted molar refractivity (Wildman–Crippen MR) is 92.5 cm³/mol. The van der Waals surface area contributed by atoms with Crippen LogP contribution in [-0.4, -0.2) is 34.5 Å². The van der Waals surface area contributed by atoms with Crippen molar-refractivity contribution < 1.29 is 29.6 Å². The molecular formula is C19H16O6. The van der Waals surface area contributed by atoms with Gasteiger partial charge in [-0.3, -0.25) is 9.59 Å². The highest BCUT2D eigenvalue weighted by atomic mass is 16.5. The number of carbonyl (C=O) groups is 2. The van der Waals surface area contributed by atoms with Gasteiger partial charge in [0.05, 0.1) is 12.7 Å². The number of benzene rings is 2. The molecule has 0 unspecified atom stereocenters. The number of ketones is 1. The van der Waals surface area contributed by atoms with Gasteiger partial charge in [0.15, 0.2) is 35.1 Å². The third kappa shape index (κ3) is 4.48. The molecule has 128 valence electrons. The van der Waals surface area contributed by atoms with Gasteiger partial charge in [-0.2, -0.15) is 0 Å². The lowest BCUT2D eigenvalue weighted by molar-refractivity contribution is -0.113. The Morgan fingerprint density at radius 1 is 0.960 bits per heavy atom. The van der Waals surface area contributed by atoms with E-state index in [4.69, 9.17) is 4.74 Å². The highest BCUT2D eigenvalue weighted by Gasteiger charge is 2.07. The third-order valence-corrected chi connectivity index (χ3v) is 3.36. The Bertz CT molecular complexity index is 864. The lowest BCUT2D eigenvalue weighted by atomic mass is 10.1. The van der Waals surface area contributed by atoms with Crippen LogP contribution in [0.25, 0.3) is 12.2 Å². The van der Waals surface area contributed by atoms with Crippen LogP contribution in [0.4, 0.5) is 0 Å². The summed E-state index contributed by atoms with van der Waals surface area (Å²) < 4.78 is 4.98. The van der Waals surface area contributed by atoms with Crippen LogP contribution in [0.15, 0.2) is 48.0 Å². The maximum Gasteiger partial charge on any atom is 0.189 e. The lowest BCUT2D eigenvalue weighted by Gasteiger charge is -2.04. The molecule has 6 heteroatoms. The fraction of sp³-hybridized carbons (Fsp3) is 0.0526. The molecule has 0 aliphatic heterocycles. The van der Waals surface area contributed by atoms with Gasteiger partial charge < -0.3 is 20.1 Å². The normalized spacial score (nSPS) is 11.5. The van der Waals surface area contributed by atoms with Crippen molar-refractivity contribution >= 4 is 24.2 Å². The van der Waals surface area contributed by atoms with Crippen molar-refractivity contribution in [2.45, 2.75) is 0 Å². The summed E-state index contributed by atoms with van der Waals surface area (Å²) in [6.45, 7) is 0. The van der Waals surface area contributed by atoms with Crippen LogP contribution in [-0.2, 0) is 9.59 Å². The van der Waals surface area contributed by atoms with Crippen LogP contribution in [0.2, 0.25) is 0 Å². The number of ether oxygens (including phenoxy) is 1. The zero-order valence-electron chi connectivity index (χ0n) is 13.3. The van der Waals surface area contributed by atoms with E-state index in [-0.39, 0.29) is 28.6 Å². The van der Waals surface area contributed by atoms with Gasteiger partial charge in [-0.15, -0.1) is 0 Å². The summed E-state index contributed by atoms with van der Waals surface area (Å²) in [5.41, 5.74) is 0.910. The summed E-state index contributed by atoms with van der Waals surface area (Å²) in [7, 11) is 1.39. The Morgan fingerprint density at radius 2 is 1.64 bits per heavy atom. The molecule has 2 aromatic carbocycles. The van der Waals surface area contributed by atoms with E-state index >= 15 is 0 Å². The lowest BCUT2D eigenvalue weighted by Crippen LogP contribution is -1.99. The maximum atomic E-state index is 12.1. The van der Waals surface area contributed by atoms with Crippen molar-refractivity contribution in [1.82, 2.24) is 0 Å². The van der Waals surface area contributed by atoms with Crippen molar-refractivity contribution in [3.8, 4) is 23.0 Å². The van der Waals surface area contributed by atoms with Crippen molar-refractivity contribution in [1.29, 1.82) is 0 Å². The minimum absolute atomic E-state index is 0.0503. The van der Waals surface area contributed by atoms with E-state index in [1.165, 1.54) is 61.7 Å². The summed E-state index contributed by atoms with van der Waals surface area (Å²) in [6, 6.07) is 8.51. The quantitative estimate of drug-likeness (QED) is 0.246. The topological polar surface area (TPSA) is 104 Å². The first-order valence-electron chi connectivity index (χ1n) is 7.23. The first-order valence-corrected chi connectivity index (χ1v) is 7.23. The second-order valence-corrected chi connectivity index (χ2v) is 5.09. The number of methoxy groups -OCH3 is 1. The van der Waals surface area contributed by atoms with Gasteiger partial charge in [-0.1, -0.05) is 18.2 Å². The zero-order valence-corrected chi connectivity index (χ0v) is 13.3. The van der Waals surface area contributed by atoms with E-state index in [1.807, 2.05) is 0 Å². The molecule has 0 aliphatic rings. The molecule has 0 atom stereocenters. The second kappa shape index (κ2) is 7.83. The van der Waals surface area contributed by atoms with E-state index in [1.54, 1.807) is 0 Å². The molecule has 0 spiro atoms. The van der Waals surface area contributed by atoms with Crippen LogP contribution in [0.1, 0.15) is 11.1 Å². The highest BCUT2D eigenvalue weighted by Crippen LogP contribution is 2.27. The molecule has 0 radical (unpaired) electrons. The molecule has 0 amide bonds.